The van der Waals surface area contributed by atoms with Crippen LogP contribution in [0.15, 0.2) is 53.6 Å². The average molecular weight is 299 g/mol. The topological polar surface area (TPSA) is 75.4 Å². The van der Waals surface area contributed by atoms with Gasteiger partial charge in [-0.3, -0.25) is 15.1 Å². The third kappa shape index (κ3) is 2.28. The third-order valence-corrected chi connectivity index (χ3v) is 4.48. The number of allylic oxidation sites excluding steroid dienone is 1. The van der Waals surface area contributed by atoms with E-state index in [0.29, 0.717) is 12.0 Å². The molecule has 0 saturated carbocycles. The van der Waals surface area contributed by atoms with Crippen molar-refractivity contribution in [3.8, 4) is 0 Å². The summed E-state index contributed by atoms with van der Waals surface area (Å²) in [5.41, 5.74) is 3.37. The fourth-order valence-electron chi connectivity index (χ4n) is 2.44. The van der Waals surface area contributed by atoms with Crippen molar-refractivity contribution in [2.45, 2.75) is 5.37 Å². The number of benzene rings is 2. The average Bonchev–Trinajstić information content (AvgIpc) is 2.97. The Bertz CT molecular complexity index is 739. The maximum Gasteiger partial charge on any atom is 0.337 e. The number of fused-ring (bicyclic) bond motifs is 1. The number of carbonyl (C=O) groups excluding carboxylic acids is 2. The summed E-state index contributed by atoms with van der Waals surface area (Å²) < 4.78 is 0. The van der Waals surface area contributed by atoms with E-state index in [2.05, 4.69) is 5.43 Å². The molecule has 3 N–H and O–H groups in total. The number of carbonyl (C=O) groups is 2. The predicted molar refractivity (Wildman–Crippen MR) is 83.0 cm³/mol. The van der Waals surface area contributed by atoms with E-state index >= 15 is 0 Å². The molecule has 2 amide bonds. The van der Waals surface area contributed by atoms with Gasteiger partial charge >= 0.3 is 6.03 Å². The first-order valence-electron chi connectivity index (χ1n) is 6.34. The van der Waals surface area contributed by atoms with Crippen LogP contribution in [-0.4, -0.2) is 17.2 Å². The number of aldehydes is 1. The minimum atomic E-state index is -0.503. The van der Waals surface area contributed by atoms with Crippen molar-refractivity contribution in [1.82, 2.24) is 10.3 Å². The summed E-state index contributed by atoms with van der Waals surface area (Å²) in [6.07, 6.45) is 0.660. The zero-order valence-electron chi connectivity index (χ0n) is 11.0. The minimum absolute atomic E-state index is 0.306. The van der Waals surface area contributed by atoms with Crippen LogP contribution in [0.2, 0.25) is 0 Å². The Kier molecular flexibility index (Phi) is 3.64. The molecule has 0 radical (unpaired) electrons. The Morgan fingerprint density at radius 3 is 2.76 bits per heavy atom. The fraction of sp³-hybridized carbons (Fsp3) is 0.0667. The lowest BCUT2D eigenvalue weighted by Gasteiger charge is -2.25. The molecular weight excluding hydrogens is 286 g/mol. The van der Waals surface area contributed by atoms with Gasteiger partial charge in [0.2, 0.25) is 0 Å². The summed E-state index contributed by atoms with van der Waals surface area (Å²) in [4.78, 5) is 24.5. The maximum absolute atomic E-state index is 12.0. The number of hydrogen-bond acceptors (Lipinski definition) is 4. The third-order valence-electron chi connectivity index (χ3n) is 3.38. The van der Waals surface area contributed by atoms with Crippen molar-refractivity contribution in [2.75, 3.05) is 0 Å². The van der Waals surface area contributed by atoms with Gasteiger partial charge < -0.3 is 0 Å². The first kappa shape index (κ1) is 13.7. The summed E-state index contributed by atoms with van der Waals surface area (Å²) in [5.74, 6) is 5.23. The van der Waals surface area contributed by atoms with E-state index in [-0.39, 0.29) is 5.37 Å². The maximum atomic E-state index is 12.0. The Hall–Kier alpha value is -2.31. The highest BCUT2D eigenvalue weighted by molar-refractivity contribution is 8.02. The van der Waals surface area contributed by atoms with Gasteiger partial charge in [-0.2, -0.15) is 0 Å². The highest BCUT2D eigenvalue weighted by atomic mass is 32.2. The molecular formula is C15H13N3O2S. The number of nitrogens with one attached hydrogen (secondary N) is 1. The Balaban J connectivity index is 2.10. The molecule has 5 nitrogen and oxygen atoms in total. The van der Waals surface area contributed by atoms with Crippen LogP contribution in [0.25, 0.3) is 10.8 Å². The molecule has 1 aliphatic rings. The van der Waals surface area contributed by atoms with Crippen LogP contribution in [0.4, 0.5) is 4.79 Å². The van der Waals surface area contributed by atoms with Gasteiger partial charge in [0.05, 0.1) is 5.70 Å². The van der Waals surface area contributed by atoms with Gasteiger partial charge in [-0.1, -0.05) is 42.5 Å². The van der Waals surface area contributed by atoms with Crippen molar-refractivity contribution in [2.24, 2.45) is 5.84 Å². The number of urea groups is 1. The van der Waals surface area contributed by atoms with Gasteiger partial charge in [-0.25, -0.2) is 10.6 Å². The number of amides is 2. The summed E-state index contributed by atoms with van der Waals surface area (Å²) in [6, 6.07) is 13.3. The standard InChI is InChI=1S/C15H13N3O2S/c16-17-15(20)18-11(8-19)9-21-14(18)13-7-3-5-10-4-1-2-6-12(10)13/h1-9,14H,16H2,(H,17,20). The first-order valence-corrected chi connectivity index (χ1v) is 7.29. The van der Waals surface area contributed by atoms with Crippen molar-refractivity contribution < 1.29 is 9.59 Å². The number of hydrogen-bond donors (Lipinski definition) is 2. The predicted octanol–water partition coefficient (Wildman–Crippen LogP) is 2.51. The second-order valence-electron chi connectivity index (χ2n) is 4.54. The van der Waals surface area contributed by atoms with Gasteiger partial charge in [0.25, 0.3) is 0 Å². The van der Waals surface area contributed by atoms with Crippen LogP contribution in [0, 0.1) is 0 Å². The SMILES string of the molecule is NNC(=O)N1C(C=O)=CSC1c1cccc2ccccc12. The molecule has 0 saturated heterocycles. The fourth-order valence-corrected chi connectivity index (χ4v) is 3.57. The van der Waals surface area contributed by atoms with E-state index in [4.69, 9.17) is 5.84 Å². The highest BCUT2D eigenvalue weighted by Crippen LogP contribution is 2.44. The monoisotopic (exact) mass is 299 g/mol. The molecule has 0 spiro atoms. The van der Waals surface area contributed by atoms with Crippen LogP contribution in [0.3, 0.4) is 0 Å². The lowest BCUT2D eigenvalue weighted by atomic mass is 10.0. The summed E-state index contributed by atoms with van der Waals surface area (Å²) >= 11 is 1.41. The molecule has 1 atom stereocenters. The zero-order valence-corrected chi connectivity index (χ0v) is 11.8. The van der Waals surface area contributed by atoms with E-state index in [1.54, 1.807) is 5.41 Å². The van der Waals surface area contributed by atoms with Crippen LogP contribution >= 0.6 is 11.8 Å². The first-order chi connectivity index (χ1) is 10.3. The van der Waals surface area contributed by atoms with Crippen LogP contribution in [0.1, 0.15) is 10.9 Å². The Labute approximate surface area is 125 Å². The van der Waals surface area contributed by atoms with E-state index in [9.17, 15) is 9.59 Å². The van der Waals surface area contributed by atoms with Gasteiger partial charge in [-0.15, -0.1) is 11.8 Å². The van der Waals surface area contributed by atoms with Crippen LogP contribution < -0.4 is 11.3 Å². The quantitative estimate of drug-likeness (QED) is 0.387. The largest absolute Gasteiger partial charge is 0.337 e. The van der Waals surface area contributed by atoms with Crippen molar-refractivity contribution in [3.05, 3.63) is 59.1 Å². The van der Waals surface area contributed by atoms with Gasteiger partial charge in [0.1, 0.15) is 5.37 Å². The second kappa shape index (κ2) is 5.59. The lowest BCUT2D eigenvalue weighted by molar-refractivity contribution is -0.105. The van der Waals surface area contributed by atoms with Gasteiger partial charge in [-0.05, 0) is 16.3 Å². The second-order valence-corrected chi connectivity index (χ2v) is 5.49. The normalized spacial score (nSPS) is 17.7. The molecule has 1 heterocycles. The van der Waals surface area contributed by atoms with Crippen molar-refractivity contribution in [1.29, 1.82) is 0 Å². The molecule has 0 fully saturated rings. The number of nitrogens with two attached hydrogens (primary N) is 1. The molecule has 0 bridgehead atoms. The zero-order chi connectivity index (χ0) is 14.8. The summed E-state index contributed by atoms with van der Waals surface area (Å²) in [6.45, 7) is 0. The minimum Gasteiger partial charge on any atom is -0.296 e. The van der Waals surface area contributed by atoms with E-state index in [1.807, 2.05) is 42.5 Å². The molecule has 1 unspecified atom stereocenters. The van der Waals surface area contributed by atoms with Crippen LogP contribution in [-0.2, 0) is 4.79 Å². The summed E-state index contributed by atoms with van der Waals surface area (Å²) in [7, 11) is 0. The highest BCUT2D eigenvalue weighted by Gasteiger charge is 2.33. The molecule has 0 aromatic heterocycles. The lowest BCUT2D eigenvalue weighted by Crippen LogP contribution is -2.42. The molecule has 0 aliphatic carbocycles. The molecule has 6 heteroatoms. The molecule has 1 aliphatic heterocycles. The van der Waals surface area contributed by atoms with E-state index in [0.717, 1.165) is 16.3 Å². The molecule has 3 rings (SSSR count). The molecule has 2 aromatic carbocycles. The summed E-state index contributed by atoms with van der Waals surface area (Å²) in [5, 5.41) is 3.50. The molecule has 21 heavy (non-hydrogen) atoms. The smallest absolute Gasteiger partial charge is 0.296 e. The molecule has 2 aromatic rings. The number of thioether (sulfide) groups is 1. The number of rotatable bonds is 2. The molecule has 106 valence electrons. The van der Waals surface area contributed by atoms with Crippen molar-refractivity contribution in [3.63, 3.8) is 0 Å². The Morgan fingerprint density at radius 1 is 1.24 bits per heavy atom. The van der Waals surface area contributed by atoms with E-state index in [1.165, 1.54) is 16.7 Å². The van der Waals surface area contributed by atoms with E-state index < -0.39 is 6.03 Å². The number of nitrogens with zero attached hydrogens (tertiary/aromatic N) is 1. The number of hydrazine groups is 1. The van der Waals surface area contributed by atoms with Crippen LogP contribution in [0.5, 0.6) is 0 Å². The van der Waals surface area contributed by atoms with Gasteiger partial charge in [0.15, 0.2) is 6.29 Å². The Morgan fingerprint density at radius 2 is 2.00 bits per heavy atom. The van der Waals surface area contributed by atoms with Gasteiger partial charge in [0, 0.05) is 5.41 Å². The van der Waals surface area contributed by atoms with Crippen molar-refractivity contribution >= 4 is 34.9 Å².